The first-order valence-corrected chi connectivity index (χ1v) is 11.0. The van der Waals surface area contributed by atoms with Crippen LogP contribution in [0.15, 0.2) is 36.5 Å². The van der Waals surface area contributed by atoms with Crippen LogP contribution in [0.4, 0.5) is 9.52 Å². The summed E-state index contributed by atoms with van der Waals surface area (Å²) in [7, 11) is 1.98. The van der Waals surface area contributed by atoms with Crippen molar-refractivity contribution in [3.05, 3.63) is 52.7 Å². The molecule has 0 amide bonds. The topological polar surface area (TPSA) is 41.1 Å². The summed E-state index contributed by atoms with van der Waals surface area (Å²) in [4.78, 5) is 2.01. The van der Waals surface area contributed by atoms with Crippen LogP contribution in [0.5, 0.6) is 0 Å². The molecule has 1 unspecified atom stereocenters. The molecule has 0 spiro atoms. The van der Waals surface area contributed by atoms with Crippen LogP contribution in [-0.4, -0.2) is 29.5 Å². The molecule has 2 aromatic rings. The second-order valence-electron chi connectivity index (χ2n) is 7.80. The maximum atomic E-state index is 13.3. The average molecular weight is 403 g/mol. The van der Waals surface area contributed by atoms with Gasteiger partial charge in [0, 0.05) is 31.6 Å². The average Bonchev–Trinajstić information content (AvgIpc) is 3.15. The monoisotopic (exact) mass is 402 g/mol. The van der Waals surface area contributed by atoms with Crippen LogP contribution in [0.3, 0.4) is 0 Å². The molecule has 1 heterocycles. The first-order valence-electron chi connectivity index (χ1n) is 10.2. The Balaban J connectivity index is 1.54. The van der Waals surface area contributed by atoms with Crippen LogP contribution in [0, 0.1) is 0 Å². The molecule has 0 aliphatic heterocycles. The molecule has 1 N–H and O–H groups in total. The number of halogens is 1. The molecule has 6 heteroatoms. The van der Waals surface area contributed by atoms with Gasteiger partial charge in [-0.1, -0.05) is 61.4 Å². The van der Waals surface area contributed by atoms with Crippen molar-refractivity contribution in [1.29, 1.82) is 0 Å². The highest BCUT2D eigenvalue weighted by molar-refractivity contribution is 7.15. The number of nitrogens with zero attached hydrogens (tertiary/aromatic N) is 3. The van der Waals surface area contributed by atoms with Crippen LogP contribution >= 0.6 is 11.3 Å². The lowest BCUT2D eigenvalue weighted by molar-refractivity contribution is 0.360. The number of rotatable bonds is 9. The number of alkyl halides is 1. The maximum absolute atomic E-state index is 13.3. The van der Waals surface area contributed by atoms with E-state index in [1.54, 1.807) is 18.3 Å². The fourth-order valence-corrected chi connectivity index (χ4v) is 4.47. The Morgan fingerprint density at radius 3 is 2.79 bits per heavy atom. The number of anilines is 1. The zero-order valence-electron chi connectivity index (χ0n) is 17.0. The molecule has 1 saturated carbocycles. The van der Waals surface area contributed by atoms with E-state index in [1.807, 2.05) is 24.1 Å². The van der Waals surface area contributed by atoms with E-state index in [2.05, 4.69) is 34.2 Å². The molecular formula is C22H31FN4S. The highest BCUT2D eigenvalue weighted by atomic mass is 32.1. The molecule has 3 rings (SSSR count). The van der Waals surface area contributed by atoms with E-state index in [4.69, 9.17) is 0 Å². The molecule has 4 nitrogen and oxygen atoms in total. The summed E-state index contributed by atoms with van der Waals surface area (Å²) in [5.74, 6) is 0. The third kappa shape index (κ3) is 6.11. The van der Waals surface area contributed by atoms with Crippen molar-refractivity contribution in [3.8, 4) is 0 Å². The Bertz CT molecular complexity index is 767. The molecule has 1 atom stereocenters. The van der Waals surface area contributed by atoms with E-state index in [0.717, 1.165) is 33.5 Å². The van der Waals surface area contributed by atoms with Crippen molar-refractivity contribution in [3.63, 3.8) is 0 Å². The zero-order valence-corrected chi connectivity index (χ0v) is 17.8. The van der Waals surface area contributed by atoms with E-state index >= 15 is 0 Å². The van der Waals surface area contributed by atoms with Crippen molar-refractivity contribution < 1.29 is 4.39 Å². The lowest BCUT2D eigenvalue weighted by Gasteiger charge is -2.22. The number of benzene rings is 1. The first-order chi connectivity index (χ1) is 13.5. The quantitative estimate of drug-likeness (QED) is 0.637. The number of nitrogens with one attached hydrogen (secondary N) is 1. The van der Waals surface area contributed by atoms with Gasteiger partial charge in [-0.2, -0.15) is 0 Å². The molecule has 1 fully saturated rings. The molecular weight excluding hydrogens is 371 g/mol. The van der Waals surface area contributed by atoms with Crippen molar-refractivity contribution in [2.75, 3.05) is 11.9 Å². The van der Waals surface area contributed by atoms with Gasteiger partial charge in [0.25, 0.3) is 0 Å². The Morgan fingerprint density at radius 2 is 2.04 bits per heavy atom. The van der Waals surface area contributed by atoms with Crippen LogP contribution in [0.2, 0.25) is 0 Å². The smallest absolute Gasteiger partial charge is 0.212 e. The molecule has 28 heavy (non-hydrogen) atoms. The number of likely N-dealkylation sites (N-methyl/N-ethyl adjacent to an activating group) is 1. The third-order valence-corrected chi connectivity index (χ3v) is 6.28. The molecule has 0 bridgehead atoms. The Morgan fingerprint density at radius 1 is 1.29 bits per heavy atom. The normalized spacial score (nSPS) is 16.1. The van der Waals surface area contributed by atoms with Crippen molar-refractivity contribution >= 4 is 16.5 Å². The van der Waals surface area contributed by atoms with Gasteiger partial charge >= 0.3 is 0 Å². The lowest BCUT2D eigenvalue weighted by Crippen LogP contribution is -2.30. The van der Waals surface area contributed by atoms with Gasteiger partial charge in [0.2, 0.25) is 5.13 Å². The minimum absolute atomic E-state index is 0.448. The fourth-order valence-electron chi connectivity index (χ4n) is 3.67. The highest BCUT2D eigenvalue weighted by Gasteiger charge is 2.15. The minimum atomic E-state index is -0.830. The summed E-state index contributed by atoms with van der Waals surface area (Å²) in [5, 5.41) is 14.2. The second kappa shape index (κ2) is 10.1. The standard InChI is InChI=1S/C22H31FN4S/c1-16(23)12-18-8-7-9-19(14-18)13-17(2)27(3)22-26-25-21(28-22)15-24-20-10-5-4-6-11-20/h7-9,14,16,20,24H,2,4-6,10-13,15H2,1,3H3. The van der Waals surface area contributed by atoms with E-state index < -0.39 is 6.17 Å². The van der Waals surface area contributed by atoms with E-state index in [1.165, 1.54) is 32.1 Å². The predicted octanol–water partition coefficient (Wildman–Crippen LogP) is 5.05. The number of allylic oxidation sites excluding steroid dienone is 1. The van der Waals surface area contributed by atoms with Gasteiger partial charge in [-0.3, -0.25) is 0 Å². The maximum Gasteiger partial charge on any atom is 0.212 e. The van der Waals surface area contributed by atoms with Crippen molar-refractivity contribution in [2.24, 2.45) is 0 Å². The lowest BCUT2D eigenvalue weighted by atomic mass is 9.96. The van der Waals surface area contributed by atoms with Crippen molar-refractivity contribution in [2.45, 2.75) is 70.6 Å². The predicted molar refractivity (Wildman–Crippen MR) is 116 cm³/mol. The summed E-state index contributed by atoms with van der Waals surface area (Å²) in [5.41, 5.74) is 3.11. The van der Waals surface area contributed by atoms with Gasteiger partial charge in [-0.15, -0.1) is 10.2 Å². The first kappa shape index (κ1) is 20.9. The number of aromatic nitrogens is 2. The van der Waals surface area contributed by atoms with Crippen LogP contribution in [-0.2, 0) is 19.4 Å². The van der Waals surface area contributed by atoms with E-state index in [9.17, 15) is 4.39 Å². The van der Waals surface area contributed by atoms with Crippen LogP contribution in [0.1, 0.15) is 55.2 Å². The molecule has 0 radical (unpaired) electrons. The molecule has 1 aliphatic rings. The second-order valence-corrected chi connectivity index (χ2v) is 8.84. The molecule has 1 aromatic carbocycles. The summed E-state index contributed by atoms with van der Waals surface area (Å²) < 4.78 is 13.3. The SMILES string of the molecule is C=C(Cc1cccc(CC(C)F)c1)N(C)c1nnc(CNC2CCCCC2)s1. The summed E-state index contributed by atoms with van der Waals surface area (Å²) in [6.45, 7) is 6.60. The van der Waals surface area contributed by atoms with Gasteiger partial charge in [-0.05, 0) is 30.9 Å². The Kier molecular flexibility index (Phi) is 7.57. The molecule has 152 valence electrons. The van der Waals surface area contributed by atoms with E-state index in [-0.39, 0.29) is 0 Å². The third-order valence-electron chi connectivity index (χ3n) is 5.28. The molecule has 1 aromatic heterocycles. The summed E-state index contributed by atoms with van der Waals surface area (Å²) in [6, 6.07) is 8.70. The van der Waals surface area contributed by atoms with Crippen molar-refractivity contribution in [1.82, 2.24) is 15.5 Å². The summed E-state index contributed by atoms with van der Waals surface area (Å²) in [6.07, 6.45) is 6.88. The molecule has 1 aliphatic carbocycles. The molecule has 0 saturated heterocycles. The number of hydrogen-bond acceptors (Lipinski definition) is 5. The Hall–Kier alpha value is -1.79. The van der Waals surface area contributed by atoms with Gasteiger partial charge in [0.15, 0.2) is 0 Å². The van der Waals surface area contributed by atoms with Crippen LogP contribution < -0.4 is 10.2 Å². The fraction of sp³-hybridized carbons (Fsp3) is 0.545. The zero-order chi connectivity index (χ0) is 19.9. The van der Waals surface area contributed by atoms with Gasteiger partial charge in [0.05, 0.1) is 6.54 Å². The minimum Gasteiger partial charge on any atom is -0.324 e. The largest absolute Gasteiger partial charge is 0.324 e. The van der Waals surface area contributed by atoms with Gasteiger partial charge in [-0.25, -0.2) is 4.39 Å². The summed E-state index contributed by atoms with van der Waals surface area (Å²) >= 11 is 1.61. The number of hydrogen-bond donors (Lipinski definition) is 1. The Labute approximate surface area is 171 Å². The van der Waals surface area contributed by atoms with Gasteiger partial charge in [0.1, 0.15) is 11.2 Å². The van der Waals surface area contributed by atoms with E-state index in [0.29, 0.717) is 18.9 Å². The van der Waals surface area contributed by atoms with Gasteiger partial charge < -0.3 is 10.2 Å². The highest BCUT2D eigenvalue weighted by Crippen LogP contribution is 2.24. The van der Waals surface area contributed by atoms with Crippen LogP contribution in [0.25, 0.3) is 0 Å².